The zero-order valence-electron chi connectivity index (χ0n) is 16.7. The molecule has 3 N–H and O–H groups in total. The number of aromatic nitrogens is 2. The van der Waals surface area contributed by atoms with Crippen molar-refractivity contribution in [1.29, 1.82) is 0 Å². The predicted molar refractivity (Wildman–Crippen MR) is 130 cm³/mol. The van der Waals surface area contributed by atoms with Gasteiger partial charge in [0.15, 0.2) is 0 Å². The van der Waals surface area contributed by atoms with Gasteiger partial charge >= 0.3 is 0 Å². The molecule has 0 bridgehead atoms. The van der Waals surface area contributed by atoms with Gasteiger partial charge in [0.05, 0.1) is 6.04 Å². The molecule has 0 fully saturated rings. The predicted octanol–water partition coefficient (Wildman–Crippen LogP) is 4.66. The molecule has 2 aromatic heterocycles. The van der Waals surface area contributed by atoms with Crippen LogP contribution in [0.1, 0.15) is 34.2 Å². The normalized spacial score (nSPS) is 17.6. The van der Waals surface area contributed by atoms with Crippen molar-refractivity contribution < 1.29 is 8.76 Å². The van der Waals surface area contributed by atoms with E-state index in [2.05, 4.69) is 55.4 Å². The fourth-order valence-corrected chi connectivity index (χ4v) is 6.32. The van der Waals surface area contributed by atoms with E-state index in [0.717, 1.165) is 40.7 Å². The van der Waals surface area contributed by atoms with E-state index >= 15 is 0 Å². The van der Waals surface area contributed by atoms with Gasteiger partial charge in [-0.15, -0.1) is 33.3 Å². The van der Waals surface area contributed by atoms with Gasteiger partial charge in [0.25, 0.3) is 0 Å². The molecule has 2 unspecified atom stereocenters. The van der Waals surface area contributed by atoms with Crippen molar-refractivity contribution in [3.63, 3.8) is 0 Å². The standard InChI is InChI=1S/C20H23N5O2S4/c1-2-4-18-23-24-20(30-18)22-15(11-13-6-8-14(9-7-13)25-31(26)27)16-12-29-19(21-16)17-5-3-10-28-17/h3,5-10,12,15,19,21,25H,2,4,11H2,1H3,(H,22,24)(H,26,27)/p-1/t15-,19?/m0/s1. The Morgan fingerprint density at radius 3 is 2.81 bits per heavy atom. The first-order valence-electron chi connectivity index (χ1n) is 9.80. The van der Waals surface area contributed by atoms with Crippen LogP contribution in [-0.2, 0) is 24.1 Å². The highest BCUT2D eigenvalue weighted by molar-refractivity contribution is 8.02. The molecule has 0 saturated heterocycles. The molecule has 1 aromatic carbocycles. The lowest BCUT2D eigenvalue weighted by molar-refractivity contribution is 0.542. The summed E-state index contributed by atoms with van der Waals surface area (Å²) in [6.07, 6.45) is 2.69. The van der Waals surface area contributed by atoms with Crippen LogP contribution in [0.3, 0.4) is 0 Å². The van der Waals surface area contributed by atoms with Crippen molar-refractivity contribution in [1.82, 2.24) is 15.5 Å². The van der Waals surface area contributed by atoms with Gasteiger partial charge in [-0.25, -0.2) is 0 Å². The molecule has 0 aliphatic carbocycles. The number of nitrogens with one attached hydrogen (secondary N) is 3. The summed E-state index contributed by atoms with van der Waals surface area (Å²) in [5, 5.41) is 22.1. The Bertz CT molecular complexity index is 1040. The summed E-state index contributed by atoms with van der Waals surface area (Å²) < 4.78 is 24.0. The maximum atomic E-state index is 10.8. The van der Waals surface area contributed by atoms with Gasteiger partial charge in [-0.05, 0) is 47.4 Å². The minimum absolute atomic E-state index is 0.00709. The van der Waals surface area contributed by atoms with E-state index in [1.54, 1.807) is 46.6 Å². The van der Waals surface area contributed by atoms with Gasteiger partial charge in [0.2, 0.25) is 5.13 Å². The second kappa shape index (κ2) is 10.6. The third kappa shape index (κ3) is 6.07. The Kier molecular flexibility index (Phi) is 7.62. The first kappa shape index (κ1) is 22.3. The molecule has 0 radical (unpaired) electrons. The summed E-state index contributed by atoms with van der Waals surface area (Å²) in [5.74, 6) is 0. The molecular weight excluding hydrogens is 471 g/mol. The summed E-state index contributed by atoms with van der Waals surface area (Å²) in [5.41, 5.74) is 2.74. The average Bonchev–Trinajstić information content (AvgIpc) is 3.50. The van der Waals surface area contributed by atoms with E-state index < -0.39 is 11.3 Å². The van der Waals surface area contributed by atoms with Crippen LogP contribution in [0.15, 0.2) is 52.9 Å². The highest BCUT2D eigenvalue weighted by atomic mass is 32.2. The molecule has 7 nitrogen and oxygen atoms in total. The van der Waals surface area contributed by atoms with E-state index in [9.17, 15) is 8.76 Å². The summed E-state index contributed by atoms with van der Waals surface area (Å²) >= 11 is 2.77. The van der Waals surface area contributed by atoms with Crippen LogP contribution < -0.4 is 15.4 Å². The van der Waals surface area contributed by atoms with Crippen molar-refractivity contribution in [2.45, 2.75) is 37.6 Å². The number of nitrogens with zero attached hydrogens (tertiary/aromatic N) is 2. The third-order valence-corrected chi connectivity index (χ3v) is 8.07. The van der Waals surface area contributed by atoms with E-state index in [0.29, 0.717) is 5.69 Å². The van der Waals surface area contributed by atoms with Crippen molar-refractivity contribution in [2.24, 2.45) is 0 Å². The lowest BCUT2D eigenvalue weighted by Gasteiger charge is -2.22. The van der Waals surface area contributed by atoms with E-state index in [1.807, 2.05) is 12.1 Å². The highest BCUT2D eigenvalue weighted by Gasteiger charge is 2.26. The Labute approximate surface area is 196 Å². The van der Waals surface area contributed by atoms with E-state index in [-0.39, 0.29) is 11.4 Å². The number of thiophene rings is 1. The van der Waals surface area contributed by atoms with Gasteiger partial charge in [-0.2, -0.15) is 0 Å². The molecule has 0 spiro atoms. The zero-order chi connectivity index (χ0) is 21.6. The fraction of sp³-hybridized carbons (Fsp3) is 0.300. The van der Waals surface area contributed by atoms with Crippen molar-refractivity contribution in [3.8, 4) is 0 Å². The first-order valence-corrected chi connectivity index (χ1v) is 13.5. The maximum Gasteiger partial charge on any atom is 0.206 e. The van der Waals surface area contributed by atoms with Crippen LogP contribution in [0.5, 0.6) is 0 Å². The number of hydrogen-bond donors (Lipinski definition) is 3. The summed E-state index contributed by atoms with van der Waals surface area (Å²) in [7, 11) is 0. The molecule has 3 atom stereocenters. The quantitative estimate of drug-likeness (QED) is 0.354. The second-order valence-corrected chi connectivity index (χ2v) is 10.6. The molecule has 3 aromatic rings. The van der Waals surface area contributed by atoms with Crippen LogP contribution in [0.25, 0.3) is 0 Å². The Balaban J connectivity index is 1.50. The molecule has 3 heterocycles. The van der Waals surface area contributed by atoms with Crippen LogP contribution >= 0.6 is 34.4 Å². The third-order valence-electron chi connectivity index (χ3n) is 4.63. The average molecular weight is 493 g/mol. The van der Waals surface area contributed by atoms with Crippen molar-refractivity contribution >= 4 is 56.5 Å². The van der Waals surface area contributed by atoms with Gasteiger partial charge in [0.1, 0.15) is 10.4 Å². The van der Waals surface area contributed by atoms with Gasteiger partial charge < -0.3 is 19.9 Å². The SMILES string of the molecule is CCCc1nnc(N[C@@H](Cc2ccc(NS(=O)[O-])cc2)C2=CSC(c3cccs3)N2)s1. The molecule has 11 heteroatoms. The van der Waals surface area contributed by atoms with Gasteiger partial charge in [-0.1, -0.05) is 36.5 Å². The molecule has 1 aliphatic heterocycles. The molecule has 4 rings (SSSR count). The van der Waals surface area contributed by atoms with Crippen LogP contribution in [-0.4, -0.2) is 25.0 Å². The van der Waals surface area contributed by atoms with Crippen molar-refractivity contribution in [3.05, 3.63) is 68.3 Å². The summed E-state index contributed by atoms with van der Waals surface area (Å²) in [4.78, 5) is 1.29. The number of aryl methyl sites for hydroxylation is 1. The Hall–Kier alpha value is -1.92. The molecule has 164 valence electrons. The van der Waals surface area contributed by atoms with Crippen LogP contribution in [0.4, 0.5) is 10.8 Å². The summed E-state index contributed by atoms with van der Waals surface area (Å²) in [6, 6.07) is 11.6. The number of anilines is 2. The lowest BCUT2D eigenvalue weighted by atomic mass is 10.0. The summed E-state index contributed by atoms with van der Waals surface area (Å²) in [6.45, 7) is 2.13. The second-order valence-electron chi connectivity index (χ2n) is 6.93. The number of rotatable bonds is 10. The zero-order valence-corrected chi connectivity index (χ0v) is 20.0. The number of hydrogen-bond acceptors (Lipinski definition) is 9. The maximum absolute atomic E-state index is 10.8. The van der Waals surface area contributed by atoms with Gasteiger partial charge in [-0.3, -0.25) is 4.21 Å². The Morgan fingerprint density at radius 2 is 2.10 bits per heavy atom. The van der Waals surface area contributed by atoms with Crippen molar-refractivity contribution in [2.75, 3.05) is 10.0 Å². The molecule has 0 saturated carbocycles. The number of benzene rings is 1. The monoisotopic (exact) mass is 492 g/mol. The van der Waals surface area contributed by atoms with Crippen LogP contribution in [0, 0.1) is 0 Å². The van der Waals surface area contributed by atoms with Gasteiger partial charge in [0, 0.05) is 33.9 Å². The topological polar surface area (TPSA) is 102 Å². The fourth-order valence-electron chi connectivity index (χ4n) is 3.18. The Morgan fingerprint density at radius 1 is 1.26 bits per heavy atom. The molecule has 31 heavy (non-hydrogen) atoms. The molecular formula is C20H22N5O2S4-. The minimum Gasteiger partial charge on any atom is -0.755 e. The molecule has 0 amide bonds. The van der Waals surface area contributed by atoms with Crippen LogP contribution in [0.2, 0.25) is 0 Å². The first-order chi connectivity index (χ1) is 15.1. The molecule has 1 aliphatic rings. The highest BCUT2D eigenvalue weighted by Crippen LogP contribution is 2.38. The lowest BCUT2D eigenvalue weighted by Crippen LogP contribution is -2.31. The van der Waals surface area contributed by atoms with E-state index in [1.165, 1.54) is 4.88 Å². The minimum atomic E-state index is -2.33. The van der Waals surface area contributed by atoms with E-state index in [4.69, 9.17) is 0 Å². The largest absolute Gasteiger partial charge is 0.755 e. The number of thioether (sulfide) groups is 1. The smallest absolute Gasteiger partial charge is 0.206 e.